The number of benzene rings is 2. The van der Waals surface area contributed by atoms with Gasteiger partial charge in [-0.05, 0) is 36.4 Å². The molecule has 0 amide bonds. The lowest BCUT2D eigenvalue weighted by Crippen LogP contribution is -1.80. The van der Waals surface area contributed by atoms with E-state index in [1.54, 1.807) is 30.0 Å². The first-order chi connectivity index (χ1) is 8.31. The SMILES string of the molecule is N#Cc1ccc(Sc2cccc(C=O)c2)cc1. The van der Waals surface area contributed by atoms with E-state index >= 15 is 0 Å². The fourth-order valence-corrected chi connectivity index (χ4v) is 2.27. The van der Waals surface area contributed by atoms with Gasteiger partial charge in [0.25, 0.3) is 0 Å². The van der Waals surface area contributed by atoms with Crippen molar-refractivity contribution >= 4 is 18.0 Å². The van der Waals surface area contributed by atoms with E-state index in [1.807, 2.05) is 30.3 Å². The average molecular weight is 239 g/mol. The van der Waals surface area contributed by atoms with Crippen LogP contribution in [-0.2, 0) is 0 Å². The van der Waals surface area contributed by atoms with Gasteiger partial charge in [-0.3, -0.25) is 4.79 Å². The van der Waals surface area contributed by atoms with Crippen LogP contribution in [0.25, 0.3) is 0 Å². The van der Waals surface area contributed by atoms with Crippen LogP contribution in [0.4, 0.5) is 0 Å². The highest BCUT2D eigenvalue weighted by Gasteiger charge is 1.99. The Morgan fingerprint density at radius 2 is 1.82 bits per heavy atom. The Labute approximate surface area is 104 Å². The van der Waals surface area contributed by atoms with Crippen LogP contribution in [0.15, 0.2) is 58.3 Å². The molecule has 0 aliphatic carbocycles. The first-order valence-corrected chi connectivity index (χ1v) is 5.87. The lowest BCUT2D eigenvalue weighted by Gasteiger charge is -2.02. The maximum atomic E-state index is 10.6. The molecule has 0 spiro atoms. The summed E-state index contributed by atoms with van der Waals surface area (Å²) in [5.74, 6) is 0. The molecule has 17 heavy (non-hydrogen) atoms. The number of hydrogen-bond donors (Lipinski definition) is 0. The molecule has 0 aliphatic heterocycles. The highest BCUT2D eigenvalue weighted by molar-refractivity contribution is 7.99. The lowest BCUT2D eigenvalue weighted by atomic mass is 10.2. The second-order valence-corrected chi connectivity index (χ2v) is 4.58. The number of hydrogen-bond acceptors (Lipinski definition) is 3. The molecule has 0 N–H and O–H groups in total. The summed E-state index contributed by atoms with van der Waals surface area (Å²) in [7, 11) is 0. The molecule has 0 saturated carbocycles. The molecular weight excluding hydrogens is 230 g/mol. The quantitative estimate of drug-likeness (QED) is 0.769. The number of carbonyl (C=O) groups is 1. The molecular formula is C14H9NOS. The Kier molecular flexibility index (Phi) is 3.59. The van der Waals surface area contributed by atoms with E-state index in [1.165, 1.54) is 0 Å². The van der Waals surface area contributed by atoms with Gasteiger partial charge in [0.1, 0.15) is 6.29 Å². The van der Waals surface area contributed by atoms with Gasteiger partial charge in [0.15, 0.2) is 0 Å². The Hall–Kier alpha value is -2.05. The van der Waals surface area contributed by atoms with Crippen molar-refractivity contribution in [2.75, 3.05) is 0 Å². The van der Waals surface area contributed by atoms with E-state index in [9.17, 15) is 4.79 Å². The fraction of sp³-hybridized carbons (Fsp3) is 0. The molecule has 0 unspecified atom stereocenters. The van der Waals surface area contributed by atoms with Crippen LogP contribution >= 0.6 is 11.8 Å². The third-order valence-corrected chi connectivity index (χ3v) is 3.21. The van der Waals surface area contributed by atoms with Crippen molar-refractivity contribution in [3.63, 3.8) is 0 Å². The molecule has 0 aromatic heterocycles. The van der Waals surface area contributed by atoms with Crippen molar-refractivity contribution in [1.82, 2.24) is 0 Å². The Balaban J connectivity index is 2.19. The van der Waals surface area contributed by atoms with Crippen LogP contribution in [0.2, 0.25) is 0 Å². The molecule has 0 aliphatic rings. The molecule has 2 rings (SSSR count). The third-order valence-electron chi connectivity index (χ3n) is 2.21. The highest BCUT2D eigenvalue weighted by atomic mass is 32.2. The standard InChI is InChI=1S/C14H9NOS/c15-9-11-4-6-13(7-5-11)17-14-3-1-2-12(8-14)10-16/h1-8,10H. The molecule has 0 atom stereocenters. The second kappa shape index (κ2) is 5.33. The number of rotatable bonds is 3. The van der Waals surface area contributed by atoms with Gasteiger partial charge in [-0.15, -0.1) is 0 Å². The molecule has 0 bridgehead atoms. The second-order valence-electron chi connectivity index (χ2n) is 3.43. The zero-order valence-electron chi connectivity index (χ0n) is 8.96. The first kappa shape index (κ1) is 11.4. The van der Waals surface area contributed by atoms with Crippen molar-refractivity contribution in [3.05, 3.63) is 59.7 Å². The Morgan fingerprint density at radius 3 is 2.47 bits per heavy atom. The number of aldehydes is 1. The largest absolute Gasteiger partial charge is 0.298 e. The van der Waals surface area contributed by atoms with Gasteiger partial charge in [-0.25, -0.2) is 0 Å². The molecule has 0 saturated heterocycles. The van der Waals surface area contributed by atoms with Crippen LogP contribution in [0.1, 0.15) is 15.9 Å². The zero-order chi connectivity index (χ0) is 12.1. The summed E-state index contributed by atoms with van der Waals surface area (Å²) in [6, 6.07) is 16.9. The van der Waals surface area contributed by atoms with Crippen LogP contribution in [0, 0.1) is 11.3 Å². The minimum absolute atomic E-state index is 0.649. The van der Waals surface area contributed by atoms with Gasteiger partial charge in [-0.2, -0.15) is 5.26 Å². The summed E-state index contributed by atoms with van der Waals surface area (Å²) in [5.41, 5.74) is 1.32. The maximum Gasteiger partial charge on any atom is 0.150 e. The molecule has 3 heteroatoms. The van der Waals surface area contributed by atoms with Crippen LogP contribution in [0.5, 0.6) is 0 Å². The minimum atomic E-state index is 0.649. The summed E-state index contributed by atoms with van der Waals surface area (Å²) < 4.78 is 0. The van der Waals surface area contributed by atoms with Crippen molar-refractivity contribution < 1.29 is 4.79 Å². The van der Waals surface area contributed by atoms with E-state index in [2.05, 4.69) is 6.07 Å². The van der Waals surface area contributed by atoms with E-state index in [4.69, 9.17) is 5.26 Å². The zero-order valence-corrected chi connectivity index (χ0v) is 9.78. The third kappa shape index (κ3) is 2.96. The topological polar surface area (TPSA) is 40.9 Å². The minimum Gasteiger partial charge on any atom is -0.298 e. The van der Waals surface area contributed by atoms with Gasteiger partial charge in [0.05, 0.1) is 11.6 Å². The highest BCUT2D eigenvalue weighted by Crippen LogP contribution is 2.27. The van der Waals surface area contributed by atoms with E-state index in [0.717, 1.165) is 16.1 Å². The first-order valence-electron chi connectivity index (χ1n) is 5.05. The molecule has 2 aromatic carbocycles. The molecule has 82 valence electrons. The molecule has 0 heterocycles. The van der Waals surface area contributed by atoms with Gasteiger partial charge in [-0.1, -0.05) is 23.9 Å². The van der Waals surface area contributed by atoms with Crippen molar-refractivity contribution in [2.24, 2.45) is 0 Å². The average Bonchev–Trinajstić information content (AvgIpc) is 2.40. The maximum absolute atomic E-state index is 10.6. The van der Waals surface area contributed by atoms with E-state index in [-0.39, 0.29) is 0 Å². The summed E-state index contributed by atoms with van der Waals surface area (Å²) in [6.07, 6.45) is 0.836. The van der Waals surface area contributed by atoms with Crippen molar-refractivity contribution in [1.29, 1.82) is 5.26 Å². The number of carbonyl (C=O) groups excluding carboxylic acids is 1. The number of nitriles is 1. The van der Waals surface area contributed by atoms with E-state index in [0.29, 0.717) is 11.1 Å². The normalized spacial score (nSPS) is 9.59. The fourth-order valence-electron chi connectivity index (χ4n) is 1.38. The van der Waals surface area contributed by atoms with Crippen LogP contribution in [-0.4, -0.2) is 6.29 Å². The lowest BCUT2D eigenvalue weighted by molar-refractivity contribution is 0.112. The van der Waals surface area contributed by atoms with E-state index < -0.39 is 0 Å². The molecule has 2 nitrogen and oxygen atoms in total. The van der Waals surface area contributed by atoms with Gasteiger partial charge in [0, 0.05) is 15.4 Å². The predicted molar refractivity (Wildman–Crippen MR) is 67.1 cm³/mol. The van der Waals surface area contributed by atoms with Gasteiger partial charge >= 0.3 is 0 Å². The Morgan fingerprint density at radius 1 is 1.06 bits per heavy atom. The number of nitrogens with zero attached hydrogens (tertiary/aromatic N) is 1. The summed E-state index contributed by atoms with van der Waals surface area (Å²) in [6.45, 7) is 0. The van der Waals surface area contributed by atoms with Crippen LogP contribution in [0.3, 0.4) is 0 Å². The van der Waals surface area contributed by atoms with Gasteiger partial charge in [0.2, 0.25) is 0 Å². The van der Waals surface area contributed by atoms with Crippen molar-refractivity contribution in [3.8, 4) is 6.07 Å². The predicted octanol–water partition coefficient (Wildman–Crippen LogP) is 3.52. The molecule has 0 radical (unpaired) electrons. The molecule has 2 aromatic rings. The smallest absolute Gasteiger partial charge is 0.150 e. The molecule has 0 fully saturated rings. The van der Waals surface area contributed by atoms with Crippen LogP contribution < -0.4 is 0 Å². The summed E-state index contributed by atoms with van der Waals surface area (Å²) in [5, 5.41) is 8.69. The summed E-state index contributed by atoms with van der Waals surface area (Å²) in [4.78, 5) is 12.7. The Bertz CT molecular complexity index is 570. The monoisotopic (exact) mass is 239 g/mol. The summed E-state index contributed by atoms with van der Waals surface area (Å²) >= 11 is 1.57. The van der Waals surface area contributed by atoms with Crippen molar-refractivity contribution in [2.45, 2.75) is 9.79 Å². The van der Waals surface area contributed by atoms with Gasteiger partial charge < -0.3 is 0 Å².